The minimum Gasteiger partial charge on any atom is -0.237 e. The van der Waals surface area contributed by atoms with E-state index in [0.29, 0.717) is 0 Å². The Morgan fingerprint density at radius 2 is 1.61 bits per heavy atom. The Balaban J connectivity index is 2.22. The van der Waals surface area contributed by atoms with Crippen LogP contribution in [-0.2, 0) is 5.41 Å². The fourth-order valence-corrected chi connectivity index (χ4v) is 3.03. The van der Waals surface area contributed by atoms with E-state index < -0.39 is 0 Å². The first-order valence-electron chi connectivity index (χ1n) is 6.40. The van der Waals surface area contributed by atoms with Crippen LogP contribution in [0.3, 0.4) is 0 Å². The second-order valence-electron chi connectivity index (χ2n) is 5.33. The highest BCUT2D eigenvalue weighted by Crippen LogP contribution is 2.35. The van der Waals surface area contributed by atoms with E-state index >= 15 is 0 Å². The lowest BCUT2D eigenvalue weighted by Gasteiger charge is -2.32. The van der Waals surface area contributed by atoms with Crippen LogP contribution in [0.15, 0.2) is 54.6 Å². The van der Waals surface area contributed by atoms with Crippen LogP contribution in [0.5, 0.6) is 0 Å². The van der Waals surface area contributed by atoms with Crippen molar-refractivity contribution in [1.29, 1.82) is 0 Å². The van der Waals surface area contributed by atoms with Crippen molar-refractivity contribution in [2.45, 2.75) is 12.3 Å². The van der Waals surface area contributed by atoms with Gasteiger partial charge in [0.25, 0.3) is 0 Å². The van der Waals surface area contributed by atoms with Gasteiger partial charge in [-0.3, -0.25) is 0 Å². The molecule has 0 radical (unpaired) electrons. The first-order valence-corrected chi connectivity index (χ1v) is 6.40. The highest BCUT2D eigenvalue weighted by atomic mass is 15.0. The molecule has 1 aliphatic rings. The molecule has 0 spiro atoms. The molecular weight excluding hydrogens is 218 g/mol. The number of hydrogen-bond acceptors (Lipinski definition) is 0. The normalized spacial score (nSPS) is 22.2. The van der Waals surface area contributed by atoms with Gasteiger partial charge >= 0.3 is 0 Å². The fraction of sp³-hybridized carbons (Fsp3) is 0.235. The van der Waals surface area contributed by atoms with Gasteiger partial charge < -0.3 is 0 Å². The summed E-state index contributed by atoms with van der Waals surface area (Å²) in [4.78, 5) is 0. The maximum atomic E-state index is 2.34. The molecule has 0 bridgehead atoms. The highest BCUT2D eigenvalue weighted by Gasteiger charge is 2.37. The van der Waals surface area contributed by atoms with Gasteiger partial charge in [-0.1, -0.05) is 48.5 Å². The number of benzene rings is 2. The van der Waals surface area contributed by atoms with Crippen molar-refractivity contribution < 1.29 is 4.58 Å². The average Bonchev–Trinajstić information content (AvgIpc) is 2.39. The van der Waals surface area contributed by atoms with E-state index in [0.717, 1.165) is 6.54 Å². The number of rotatable bonds is 1. The number of likely N-dealkylation sites (N-methyl/N-ethyl adjacent to an activating group) is 1. The summed E-state index contributed by atoms with van der Waals surface area (Å²) in [7, 11) is 2.15. The molecule has 1 heteroatoms. The molecule has 1 nitrogen and oxygen atoms in total. The van der Waals surface area contributed by atoms with Crippen LogP contribution < -0.4 is 0 Å². The van der Waals surface area contributed by atoms with Gasteiger partial charge in [0, 0.05) is 5.56 Å². The third-order valence-electron chi connectivity index (χ3n) is 3.89. The molecule has 0 N–H and O–H groups in total. The maximum absolute atomic E-state index is 2.34. The summed E-state index contributed by atoms with van der Waals surface area (Å²) in [5.41, 5.74) is 4.21. The largest absolute Gasteiger partial charge is 0.237 e. The van der Waals surface area contributed by atoms with Gasteiger partial charge in [0.2, 0.25) is 0 Å². The average molecular weight is 236 g/mol. The predicted octanol–water partition coefficient (Wildman–Crippen LogP) is 3.07. The van der Waals surface area contributed by atoms with Gasteiger partial charge in [-0.25, -0.2) is 4.58 Å². The first kappa shape index (κ1) is 11.2. The molecule has 0 aliphatic carbocycles. The van der Waals surface area contributed by atoms with Gasteiger partial charge in [-0.05, 0) is 24.1 Å². The summed E-state index contributed by atoms with van der Waals surface area (Å²) < 4.78 is 2.29. The van der Waals surface area contributed by atoms with E-state index in [1.54, 1.807) is 0 Å². The lowest BCUT2D eigenvalue weighted by molar-refractivity contribution is -0.502. The molecular formula is C17H18N+. The molecule has 1 atom stereocenters. The van der Waals surface area contributed by atoms with Crippen molar-refractivity contribution in [3.63, 3.8) is 0 Å². The topological polar surface area (TPSA) is 3.01 Å². The summed E-state index contributed by atoms with van der Waals surface area (Å²) in [5, 5.41) is 0. The Hall–Kier alpha value is -1.89. The summed E-state index contributed by atoms with van der Waals surface area (Å²) in [6.45, 7) is 3.36. The molecule has 0 amide bonds. The molecule has 0 aromatic heterocycles. The molecule has 1 heterocycles. The summed E-state index contributed by atoms with van der Waals surface area (Å²) >= 11 is 0. The quantitative estimate of drug-likeness (QED) is 0.669. The zero-order valence-electron chi connectivity index (χ0n) is 10.9. The van der Waals surface area contributed by atoms with Crippen LogP contribution in [0.1, 0.15) is 23.6 Å². The Morgan fingerprint density at radius 3 is 2.39 bits per heavy atom. The lowest BCUT2D eigenvalue weighted by atomic mass is 9.73. The Morgan fingerprint density at radius 1 is 0.944 bits per heavy atom. The third kappa shape index (κ3) is 1.67. The Kier molecular flexibility index (Phi) is 2.55. The van der Waals surface area contributed by atoms with Gasteiger partial charge in [0.1, 0.15) is 7.05 Å². The molecule has 2 aromatic carbocycles. The fourth-order valence-electron chi connectivity index (χ4n) is 3.03. The molecule has 18 heavy (non-hydrogen) atoms. The molecule has 2 aromatic rings. The van der Waals surface area contributed by atoms with Crippen molar-refractivity contribution in [2.24, 2.45) is 0 Å². The van der Waals surface area contributed by atoms with E-state index in [1.807, 2.05) is 0 Å². The van der Waals surface area contributed by atoms with Crippen LogP contribution in [0.4, 0.5) is 0 Å². The van der Waals surface area contributed by atoms with E-state index in [-0.39, 0.29) is 5.41 Å². The van der Waals surface area contributed by atoms with Crippen molar-refractivity contribution in [3.8, 4) is 0 Å². The molecule has 3 rings (SSSR count). The molecule has 90 valence electrons. The predicted molar refractivity (Wildman–Crippen MR) is 75.6 cm³/mol. The second-order valence-corrected chi connectivity index (χ2v) is 5.33. The summed E-state index contributed by atoms with van der Waals surface area (Å²) in [6, 6.07) is 19.5. The van der Waals surface area contributed by atoms with E-state index in [1.165, 1.54) is 16.7 Å². The number of fused-ring (bicyclic) bond motifs is 1. The third-order valence-corrected chi connectivity index (χ3v) is 3.89. The van der Waals surface area contributed by atoms with E-state index in [4.69, 9.17) is 0 Å². The molecule has 0 saturated heterocycles. The van der Waals surface area contributed by atoms with Gasteiger partial charge in [-0.15, -0.1) is 0 Å². The van der Waals surface area contributed by atoms with Crippen LogP contribution in [0, 0.1) is 0 Å². The van der Waals surface area contributed by atoms with Gasteiger partial charge in [0.15, 0.2) is 12.8 Å². The SMILES string of the molecule is C[N+]1=Cc2ccccc2C(C)(c2ccccc2)C1. The molecule has 0 saturated carbocycles. The highest BCUT2D eigenvalue weighted by molar-refractivity contribution is 5.80. The van der Waals surface area contributed by atoms with Gasteiger partial charge in [-0.2, -0.15) is 0 Å². The Labute approximate surface area is 108 Å². The summed E-state index contributed by atoms with van der Waals surface area (Å²) in [5.74, 6) is 0. The van der Waals surface area contributed by atoms with E-state index in [9.17, 15) is 0 Å². The second kappa shape index (κ2) is 4.09. The zero-order chi connectivity index (χ0) is 12.6. The lowest BCUT2D eigenvalue weighted by Crippen LogP contribution is -2.38. The van der Waals surface area contributed by atoms with Crippen LogP contribution >= 0.6 is 0 Å². The van der Waals surface area contributed by atoms with E-state index in [2.05, 4.69) is 79.4 Å². The van der Waals surface area contributed by atoms with Crippen molar-refractivity contribution in [2.75, 3.05) is 13.6 Å². The maximum Gasteiger partial charge on any atom is 0.170 e. The van der Waals surface area contributed by atoms with Crippen LogP contribution in [0.2, 0.25) is 0 Å². The van der Waals surface area contributed by atoms with Gasteiger partial charge in [0.05, 0.1) is 5.41 Å². The van der Waals surface area contributed by atoms with Crippen molar-refractivity contribution >= 4 is 6.21 Å². The minimum absolute atomic E-state index is 0.0708. The minimum atomic E-state index is 0.0708. The van der Waals surface area contributed by atoms with Crippen molar-refractivity contribution in [3.05, 3.63) is 71.3 Å². The molecule has 1 unspecified atom stereocenters. The van der Waals surface area contributed by atoms with Crippen LogP contribution in [-0.4, -0.2) is 24.4 Å². The molecule has 1 aliphatic heterocycles. The first-order chi connectivity index (χ1) is 8.70. The summed E-state index contributed by atoms with van der Waals surface area (Å²) in [6.07, 6.45) is 2.24. The standard InChI is InChI=1S/C17H18N/c1-17(15-9-4-3-5-10-15)13-18(2)12-14-8-6-7-11-16(14)17/h3-12H,13H2,1-2H3/q+1. The Bertz CT molecular complexity index is 598. The van der Waals surface area contributed by atoms with Crippen molar-refractivity contribution in [1.82, 2.24) is 0 Å². The number of nitrogens with zero attached hydrogens (tertiary/aromatic N) is 1. The monoisotopic (exact) mass is 236 g/mol. The van der Waals surface area contributed by atoms with Crippen LogP contribution in [0.25, 0.3) is 0 Å². The number of hydrogen-bond donors (Lipinski definition) is 0. The zero-order valence-corrected chi connectivity index (χ0v) is 10.9. The smallest absolute Gasteiger partial charge is 0.170 e. The molecule has 0 fully saturated rings.